The quantitative estimate of drug-likeness (QED) is 0.697. The molecule has 1 rings (SSSR count). The SMILES string of the molecule is C[C@@H]1C(=O)CC[C@H]1CCC(=O)O. The van der Waals surface area contributed by atoms with E-state index in [1.807, 2.05) is 6.92 Å². The molecule has 0 spiro atoms. The Kier molecular flexibility index (Phi) is 2.84. The lowest BCUT2D eigenvalue weighted by atomic mass is 9.93. The summed E-state index contributed by atoms with van der Waals surface area (Å²) >= 11 is 0. The number of Topliss-reactive ketones (excluding diaryl/α,β-unsaturated/α-hetero) is 1. The highest BCUT2D eigenvalue weighted by atomic mass is 16.4. The number of carbonyl (C=O) groups excluding carboxylic acids is 1. The van der Waals surface area contributed by atoms with Crippen LogP contribution in [0.1, 0.15) is 32.6 Å². The van der Waals surface area contributed by atoms with Crippen LogP contribution < -0.4 is 0 Å². The van der Waals surface area contributed by atoms with Crippen LogP contribution in [0.25, 0.3) is 0 Å². The van der Waals surface area contributed by atoms with Gasteiger partial charge in [-0.15, -0.1) is 0 Å². The number of hydrogen-bond donors (Lipinski definition) is 1. The summed E-state index contributed by atoms with van der Waals surface area (Å²) in [5.41, 5.74) is 0. The Morgan fingerprint density at radius 2 is 2.33 bits per heavy atom. The maximum Gasteiger partial charge on any atom is 0.303 e. The molecule has 3 heteroatoms. The van der Waals surface area contributed by atoms with Gasteiger partial charge >= 0.3 is 5.97 Å². The molecule has 0 unspecified atom stereocenters. The Hall–Kier alpha value is -0.860. The number of carboxylic acid groups (broad SMARTS) is 1. The van der Waals surface area contributed by atoms with Crippen LogP contribution in [0.3, 0.4) is 0 Å². The van der Waals surface area contributed by atoms with Crippen LogP contribution in [0, 0.1) is 11.8 Å². The van der Waals surface area contributed by atoms with Crippen molar-refractivity contribution in [2.45, 2.75) is 32.6 Å². The third-order valence-electron chi connectivity index (χ3n) is 2.71. The van der Waals surface area contributed by atoms with E-state index in [0.29, 0.717) is 24.5 Å². The van der Waals surface area contributed by atoms with E-state index in [2.05, 4.69) is 0 Å². The second-order valence-electron chi connectivity index (χ2n) is 3.49. The van der Waals surface area contributed by atoms with Crippen LogP contribution in [0.15, 0.2) is 0 Å². The molecule has 1 aliphatic rings. The van der Waals surface area contributed by atoms with Crippen molar-refractivity contribution < 1.29 is 14.7 Å². The van der Waals surface area contributed by atoms with Crippen molar-refractivity contribution in [3.8, 4) is 0 Å². The van der Waals surface area contributed by atoms with E-state index in [4.69, 9.17) is 5.11 Å². The fourth-order valence-electron chi connectivity index (χ4n) is 1.77. The number of ketones is 1. The van der Waals surface area contributed by atoms with E-state index in [0.717, 1.165) is 6.42 Å². The molecule has 0 aromatic rings. The van der Waals surface area contributed by atoms with Gasteiger partial charge in [0, 0.05) is 18.8 Å². The smallest absolute Gasteiger partial charge is 0.303 e. The highest BCUT2D eigenvalue weighted by Crippen LogP contribution is 2.31. The second-order valence-corrected chi connectivity index (χ2v) is 3.49. The zero-order valence-electron chi connectivity index (χ0n) is 7.25. The number of hydrogen-bond acceptors (Lipinski definition) is 2. The molecule has 1 saturated carbocycles. The van der Waals surface area contributed by atoms with Gasteiger partial charge in [0.05, 0.1) is 0 Å². The zero-order valence-corrected chi connectivity index (χ0v) is 7.25. The summed E-state index contributed by atoms with van der Waals surface area (Å²) in [6.07, 6.45) is 2.38. The predicted molar refractivity (Wildman–Crippen MR) is 43.8 cm³/mol. The van der Waals surface area contributed by atoms with E-state index in [1.54, 1.807) is 0 Å². The molecule has 0 aliphatic heterocycles. The summed E-state index contributed by atoms with van der Waals surface area (Å²) in [6, 6.07) is 0. The fraction of sp³-hybridized carbons (Fsp3) is 0.778. The molecular formula is C9H14O3. The van der Waals surface area contributed by atoms with Crippen molar-refractivity contribution in [1.82, 2.24) is 0 Å². The van der Waals surface area contributed by atoms with Crippen molar-refractivity contribution in [1.29, 1.82) is 0 Å². The van der Waals surface area contributed by atoms with Gasteiger partial charge in [-0.05, 0) is 18.8 Å². The predicted octanol–water partition coefficient (Wildman–Crippen LogP) is 1.47. The standard InChI is InChI=1S/C9H14O3/c1-6-7(2-4-8(6)10)3-5-9(11)12/h6-7H,2-5H2,1H3,(H,11,12)/t6-,7-/m0/s1. The van der Waals surface area contributed by atoms with Crippen molar-refractivity contribution in [2.75, 3.05) is 0 Å². The van der Waals surface area contributed by atoms with Gasteiger partial charge in [0.2, 0.25) is 0 Å². The van der Waals surface area contributed by atoms with Crippen LogP contribution >= 0.6 is 0 Å². The molecule has 0 radical (unpaired) electrons. The van der Waals surface area contributed by atoms with Gasteiger partial charge in [-0.25, -0.2) is 0 Å². The average molecular weight is 170 g/mol. The number of rotatable bonds is 3. The highest BCUT2D eigenvalue weighted by Gasteiger charge is 2.30. The first-order valence-electron chi connectivity index (χ1n) is 4.35. The van der Waals surface area contributed by atoms with Gasteiger partial charge in [0.15, 0.2) is 0 Å². The van der Waals surface area contributed by atoms with E-state index in [9.17, 15) is 9.59 Å². The van der Waals surface area contributed by atoms with Gasteiger partial charge in [0.25, 0.3) is 0 Å². The molecule has 1 fully saturated rings. The lowest BCUT2D eigenvalue weighted by molar-refractivity contribution is -0.137. The minimum atomic E-state index is -0.762. The summed E-state index contributed by atoms with van der Waals surface area (Å²) in [4.78, 5) is 21.3. The minimum absolute atomic E-state index is 0.0874. The minimum Gasteiger partial charge on any atom is -0.481 e. The third kappa shape index (κ3) is 2.06. The first kappa shape index (κ1) is 9.23. The molecule has 0 saturated heterocycles. The first-order valence-corrected chi connectivity index (χ1v) is 4.35. The maximum absolute atomic E-state index is 11.1. The van der Waals surface area contributed by atoms with E-state index in [-0.39, 0.29) is 12.3 Å². The van der Waals surface area contributed by atoms with Crippen LogP contribution in [-0.4, -0.2) is 16.9 Å². The van der Waals surface area contributed by atoms with Crippen LogP contribution in [0.4, 0.5) is 0 Å². The van der Waals surface area contributed by atoms with E-state index >= 15 is 0 Å². The topological polar surface area (TPSA) is 54.4 Å². The number of carbonyl (C=O) groups is 2. The van der Waals surface area contributed by atoms with Crippen LogP contribution in [0.2, 0.25) is 0 Å². The van der Waals surface area contributed by atoms with Crippen molar-refractivity contribution in [3.63, 3.8) is 0 Å². The average Bonchev–Trinajstić information content (AvgIpc) is 2.30. The molecule has 3 nitrogen and oxygen atoms in total. The lowest BCUT2D eigenvalue weighted by Crippen LogP contribution is -2.11. The summed E-state index contributed by atoms with van der Waals surface area (Å²) in [5, 5.41) is 8.44. The molecule has 1 N–H and O–H groups in total. The molecule has 0 bridgehead atoms. The second kappa shape index (κ2) is 3.70. The maximum atomic E-state index is 11.1. The normalized spacial score (nSPS) is 29.2. The molecule has 0 amide bonds. The number of carboxylic acids is 1. The third-order valence-corrected chi connectivity index (χ3v) is 2.71. The Bertz CT molecular complexity index is 198. The molecule has 0 aromatic carbocycles. The Morgan fingerprint density at radius 3 is 2.75 bits per heavy atom. The first-order chi connectivity index (χ1) is 5.61. The monoisotopic (exact) mass is 170 g/mol. The molecule has 0 heterocycles. The zero-order chi connectivity index (χ0) is 9.14. The number of aliphatic carboxylic acids is 1. The van der Waals surface area contributed by atoms with Gasteiger partial charge in [-0.1, -0.05) is 6.92 Å². The van der Waals surface area contributed by atoms with Gasteiger partial charge in [-0.2, -0.15) is 0 Å². The fourth-order valence-corrected chi connectivity index (χ4v) is 1.77. The van der Waals surface area contributed by atoms with Crippen molar-refractivity contribution in [2.24, 2.45) is 11.8 Å². The molecule has 2 atom stereocenters. The lowest BCUT2D eigenvalue weighted by Gasteiger charge is -2.11. The molecule has 12 heavy (non-hydrogen) atoms. The van der Waals surface area contributed by atoms with E-state index in [1.165, 1.54) is 0 Å². The van der Waals surface area contributed by atoms with Gasteiger partial charge in [0.1, 0.15) is 5.78 Å². The Balaban J connectivity index is 2.34. The van der Waals surface area contributed by atoms with Crippen LogP contribution in [-0.2, 0) is 9.59 Å². The molecule has 1 aliphatic carbocycles. The van der Waals surface area contributed by atoms with Gasteiger partial charge < -0.3 is 5.11 Å². The highest BCUT2D eigenvalue weighted by molar-refractivity contribution is 5.83. The Morgan fingerprint density at radius 1 is 1.67 bits per heavy atom. The summed E-state index contributed by atoms with van der Waals surface area (Å²) < 4.78 is 0. The summed E-state index contributed by atoms with van der Waals surface area (Å²) in [7, 11) is 0. The molecular weight excluding hydrogens is 156 g/mol. The largest absolute Gasteiger partial charge is 0.481 e. The van der Waals surface area contributed by atoms with Crippen molar-refractivity contribution in [3.05, 3.63) is 0 Å². The van der Waals surface area contributed by atoms with Gasteiger partial charge in [-0.3, -0.25) is 9.59 Å². The molecule has 68 valence electrons. The Labute approximate surface area is 71.8 Å². The van der Waals surface area contributed by atoms with Crippen LogP contribution in [0.5, 0.6) is 0 Å². The summed E-state index contributed by atoms with van der Waals surface area (Å²) in [5.74, 6) is -0.0649. The van der Waals surface area contributed by atoms with E-state index < -0.39 is 5.97 Å². The van der Waals surface area contributed by atoms with Crippen molar-refractivity contribution >= 4 is 11.8 Å². The molecule has 0 aromatic heterocycles. The summed E-state index contributed by atoms with van der Waals surface area (Å²) in [6.45, 7) is 1.90.